The average Bonchev–Trinajstić information content (AvgIpc) is 2.89. The Morgan fingerprint density at radius 3 is 2.85 bits per heavy atom. The van der Waals surface area contributed by atoms with Crippen LogP contribution in [-0.2, 0) is 14.8 Å². The Hall–Kier alpha value is -1.56. The quantitative estimate of drug-likeness (QED) is 0.894. The molecule has 0 amide bonds. The summed E-state index contributed by atoms with van der Waals surface area (Å²) in [6, 6.07) is 5.19. The molecule has 1 saturated heterocycles. The molecule has 20 heavy (non-hydrogen) atoms. The van der Waals surface area contributed by atoms with Gasteiger partial charge in [-0.25, -0.2) is 8.42 Å². The summed E-state index contributed by atoms with van der Waals surface area (Å²) in [5.74, 6) is -0.825. The number of sulfonamides is 1. The number of aryl methyl sites for hydroxylation is 1. The van der Waals surface area contributed by atoms with Crippen LogP contribution in [0.25, 0.3) is 0 Å². The van der Waals surface area contributed by atoms with E-state index in [1.807, 2.05) is 6.07 Å². The predicted molar refractivity (Wildman–Crippen MR) is 73.7 cm³/mol. The van der Waals surface area contributed by atoms with Gasteiger partial charge in [-0.1, -0.05) is 6.07 Å². The number of thioether (sulfide) groups is 1. The summed E-state index contributed by atoms with van der Waals surface area (Å²) in [6.07, 6.45) is 0. The fourth-order valence-electron chi connectivity index (χ4n) is 1.93. The van der Waals surface area contributed by atoms with Crippen LogP contribution in [0, 0.1) is 18.3 Å². The third-order valence-corrected chi connectivity index (χ3v) is 6.20. The monoisotopic (exact) mass is 312 g/mol. The summed E-state index contributed by atoms with van der Waals surface area (Å²) < 4.78 is 26.1. The van der Waals surface area contributed by atoms with Gasteiger partial charge in [-0.05, 0) is 24.6 Å². The Morgan fingerprint density at radius 2 is 2.25 bits per heavy atom. The molecule has 1 N–H and O–H groups in total. The summed E-state index contributed by atoms with van der Waals surface area (Å²) in [5, 5.41) is 18.0. The number of benzene rings is 1. The third-order valence-electron chi connectivity index (χ3n) is 3.03. The van der Waals surface area contributed by atoms with Crippen LogP contribution in [0.1, 0.15) is 11.1 Å². The van der Waals surface area contributed by atoms with Gasteiger partial charge in [0.05, 0.1) is 22.4 Å². The van der Waals surface area contributed by atoms with E-state index in [0.717, 1.165) is 4.31 Å². The molecule has 0 aromatic heterocycles. The second kappa shape index (κ2) is 5.44. The van der Waals surface area contributed by atoms with E-state index in [1.165, 1.54) is 23.9 Å². The van der Waals surface area contributed by atoms with Crippen LogP contribution < -0.4 is 0 Å². The summed E-state index contributed by atoms with van der Waals surface area (Å²) >= 11 is 1.26. The SMILES string of the molecule is Cc1ccc(C#N)cc1S(=O)(=O)N1CSCC1C(=O)O. The van der Waals surface area contributed by atoms with Gasteiger partial charge in [-0.15, -0.1) is 11.8 Å². The summed E-state index contributed by atoms with van der Waals surface area (Å²) in [5.41, 5.74) is 0.720. The molecule has 1 fully saturated rings. The smallest absolute Gasteiger partial charge is 0.322 e. The predicted octanol–water partition coefficient (Wildman–Crippen LogP) is 1.01. The number of rotatable bonds is 3. The van der Waals surface area contributed by atoms with E-state index in [0.29, 0.717) is 5.56 Å². The lowest BCUT2D eigenvalue weighted by Crippen LogP contribution is -2.41. The lowest BCUT2D eigenvalue weighted by Gasteiger charge is -2.21. The lowest BCUT2D eigenvalue weighted by molar-refractivity contribution is -0.140. The van der Waals surface area contributed by atoms with Crippen molar-refractivity contribution >= 4 is 27.8 Å². The molecule has 1 unspecified atom stereocenters. The van der Waals surface area contributed by atoms with Crippen molar-refractivity contribution < 1.29 is 18.3 Å². The molecule has 0 aliphatic carbocycles. The minimum absolute atomic E-state index is 0.00898. The maximum atomic E-state index is 12.6. The maximum absolute atomic E-state index is 12.6. The highest BCUT2D eigenvalue weighted by atomic mass is 32.2. The van der Waals surface area contributed by atoms with Crippen molar-refractivity contribution in [2.45, 2.75) is 17.9 Å². The molecule has 1 aromatic rings. The van der Waals surface area contributed by atoms with Crippen molar-refractivity contribution in [1.29, 1.82) is 5.26 Å². The van der Waals surface area contributed by atoms with E-state index in [4.69, 9.17) is 10.4 Å². The normalized spacial score (nSPS) is 19.7. The summed E-state index contributed by atoms with van der Waals surface area (Å²) in [7, 11) is -3.92. The zero-order valence-electron chi connectivity index (χ0n) is 10.6. The fourth-order valence-corrected chi connectivity index (χ4v) is 5.32. The van der Waals surface area contributed by atoms with Crippen LogP contribution in [-0.4, -0.2) is 41.5 Å². The van der Waals surface area contributed by atoms with Crippen molar-refractivity contribution in [3.63, 3.8) is 0 Å². The zero-order chi connectivity index (χ0) is 14.9. The highest BCUT2D eigenvalue weighted by Gasteiger charge is 2.40. The van der Waals surface area contributed by atoms with E-state index in [-0.39, 0.29) is 22.1 Å². The lowest BCUT2D eigenvalue weighted by atomic mass is 10.2. The minimum atomic E-state index is -3.92. The second-order valence-corrected chi connectivity index (χ2v) is 7.20. The Bertz CT molecular complexity index is 694. The van der Waals surface area contributed by atoms with Crippen LogP contribution in [0.3, 0.4) is 0 Å². The topological polar surface area (TPSA) is 98.5 Å². The average molecular weight is 312 g/mol. The molecular formula is C12H12N2O4S2. The summed E-state index contributed by atoms with van der Waals surface area (Å²) in [6.45, 7) is 1.62. The Morgan fingerprint density at radius 1 is 1.55 bits per heavy atom. The van der Waals surface area contributed by atoms with Crippen LogP contribution in [0.5, 0.6) is 0 Å². The number of carboxylic acids is 1. The Kier molecular flexibility index (Phi) is 4.04. The van der Waals surface area contributed by atoms with E-state index in [9.17, 15) is 13.2 Å². The van der Waals surface area contributed by atoms with E-state index in [2.05, 4.69) is 0 Å². The van der Waals surface area contributed by atoms with Crippen molar-refractivity contribution in [3.8, 4) is 6.07 Å². The molecule has 1 aromatic carbocycles. The van der Waals surface area contributed by atoms with Crippen LogP contribution in [0.2, 0.25) is 0 Å². The zero-order valence-corrected chi connectivity index (χ0v) is 12.2. The maximum Gasteiger partial charge on any atom is 0.322 e. The van der Waals surface area contributed by atoms with Crippen LogP contribution >= 0.6 is 11.8 Å². The standard InChI is InChI=1S/C12H12N2O4S2/c1-8-2-3-9(5-13)4-11(8)20(17,18)14-7-19-6-10(14)12(15)16/h2-4,10H,6-7H2,1H3,(H,15,16). The number of carbonyl (C=O) groups is 1. The van der Waals surface area contributed by atoms with Gasteiger partial charge < -0.3 is 5.11 Å². The minimum Gasteiger partial charge on any atom is -0.480 e. The number of nitriles is 1. The van der Waals surface area contributed by atoms with Gasteiger partial charge in [0.1, 0.15) is 6.04 Å². The third kappa shape index (κ3) is 2.52. The molecule has 6 nitrogen and oxygen atoms in total. The number of hydrogen-bond donors (Lipinski definition) is 1. The van der Waals surface area contributed by atoms with Crippen molar-refractivity contribution in [3.05, 3.63) is 29.3 Å². The molecule has 0 radical (unpaired) electrons. The van der Waals surface area contributed by atoms with Gasteiger partial charge in [0, 0.05) is 5.75 Å². The molecule has 1 atom stereocenters. The van der Waals surface area contributed by atoms with E-state index < -0.39 is 22.0 Å². The van der Waals surface area contributed by atoms with Crippen molar-refractivity contribution in [2.75, 3.05) is 11.6 Å². The second-order valence-electron chi connectivity index (χ2n) is 4.34. The van der Waals surface area contributed by atoms with Crippen molar-refractivity contribution in [1.82, 2.24) is 4.31 Å². The van der Waals surface area contributed by atoms with E-state index >= 15 is 0 Å². The highest BCUT2D eigenvalue weighted by molar-refractivity contribution is 8.00. The first-order chi connectivity index (χ1) is 9.37. The van der Waals surface area contributed by atoms with Crippen LogP contribution in [0.15, 0.2) is 23.1 Å². The Labute approximate surface area is 121 Å². The molecule has 1 aliphatic rings. The molecule has 106 valence electrons. The van der Waals surface area contributed by atoms with Gasteiger partial charge in [-0.3, -0.25) is 4.79 Å². The molecule has 1 aliphatic heterocycles. The number of hydrogen-bond acceptors (Lipinski definition) is 5. The molecule has 8 heteroatoms. The molecule has 2 rings (SSSR count). The largest absolute Gasteiger partial charge is 0.480 e. The van der Waals surface area contributed by atoms with Crippen molar-refractivity contribution in [2.24, 2.45) is 0 Å². The van der Waals surface area contributed by atoms with Gasteiger partial charge in [0.2, 0.25) is 10.0 Å². The van der Waals surface area contributed by atoms with Gasteiger partial charge >= 0.3 is 5.97 Å². The number of aliphatic carboxylic acids is 1. The van der Waals surface area contributed by atoms with E-state index in [1.54, 1.807) is 13.0 Å². The first-order valence-electron chi connectivity index (χ1n) is 5.71. The molecule has 0 saturated carbocycles. The Balaban J connectivity index is 2.51. The van der Waals surface area contributed by atoms with Gasteiger partial charge in [0.15, 0.2) is 0 Å². The molecular weight excluding hydrogens is 300 g/mol. The number of nitrogens with zero attached hydrogens (tertiary/aromatic N) is 2. The number of carboxylic acid groups (broad SMARTS) is 1. The van der Waals surface area contributed by atoms with Gasteiger partial charge in [-0.2, -0.15) is 9.57 Å². The first kappa shape index (κ1) is 14.8. The van der Waals surface area contributed by atoms with Crippen LogP contribution in [0.4, 0.5) is 0 Å². The highest BCUT2D eigenvalue weighted by Crippen LogP contribution is 2.30. The molecule has 0 bridgehead atoms. The van der Waals surface area contributed by atoms with Gasteiger partial charge in [0.25, 0.3) is 0 Å². The molecule has 1 heterocycles. The molecule has 0 spiro atoms. The first-order valence-corrected chi connectivity index (χ1v) is 8.30. The fraction of sp³-hybridized carbons (Fsp3) is 0.333. The summed E-state index contributed by atoms with van der Waals surface area (Å²) in [4.78, 5) is 11.1.